The maximum absolute atomic E-state index is 13.2. The number of benzene rings is 1. The Hall–Kier alpha value is -0.810. The topological polar surface area (TPSA) is 18.5 Å². The Morgan fingerprint density at radius 2 is 1.80 bits per heavy atom. The van der Waals surface area contributed by atoms with Crippen molar-refractivity contribution in [1.29, 1.82) is 0 Å². The van der Waals surface area contributed by atoms with Gasteiger partial charge in [0.15, 0.2) is 0 Å². The Bertz CT molecular complexity index is 308. The van der Waals surface area contributed by atoms with Gasteiger partial charge in [-0.25, -0.2) is 8.78 Å². The van der Waals surface area contributed by atoms with E-state index in [1.165, 1.54) is 19.2 Å². The Balaban J connectivity index is 2.75. The van der Waals surface area contributed by atoms with Crippen molar-refractivity contribution in [2.75, 3.05) is 26.6 Å². The second-order valence-corrected chi connectivity index (χ2v) is 3.58. The molecule has 1 aromatic rings. The molecule has 0 spiro atoms. The van der Waals surface area contributed by atoms with Gasteiger partial charge in [0.1, 0.15) is 24.0 Å². The van der Waals surface area contributed by atoms with Crippen LogP contribution in [0.4, 0.5) is 8.78 Å². The summed E-state index contributed by atoms with van der Waals surface area (Å²) in [6, 6.07) is 2.34. The quantitative estimate of drug-likeness (QED) is 0.576. The van der Waals surface area contributed by atoms with Gasteiger partial charge in [-0.1, -0.05) is 0 Å². The molecule has 0 bridgehead atoms. The van der Waals surface area contributed by atoms with Gasteiger partial charge in [0.05, 0.1) is 11.5 Å². The van der Waals surface area contributed by atoms with E-state index < -0.39 is 11.6 Å². The normalized spacial score (nSPS) is 10.4. The summed E-state index contributed by atoms with van der Waals surface area (Å²) in [5.41, 5.74) is 0. The van der Waals surface area contributed by atoms with Crippen LogP contribution in [0.25, 0.3) is 0 Å². The Labute approximate surface area is 91.6 Å². The van der Waals surface area contributed by atoms with E-state index in [0.29, 0.717) is 6.61 Å². The van der Waals surface area contributed by atoms with Gasteiger partial charge in [-0.15, -0.1) is 11.8 Å². The van der Waals surface area contributed by atoms with Crippen molar-refractivity contribution in [2.24, 2.45) is 0 Å². The van der Waals surface area contributed by atoms with Crippen LogP contribution >= 0.6 is 11.8 Å². The molecule has 1 rings (SSSR count). The Morgan fingerprint density at radius 3 is 2.27 bits per heavy atom. The lowest BCUT2D eigenvalue weighted by molar-refractivity contribution is 0.146. The number of halogens is 2. The van der Waals surface area contributed by atoms with Crippen molar-refractivity contribution in [1.82, 2.24) is 0 Å². The second-order valence-electron chi connectivity index (χ2n) is 2.76. The first-order chi connectivity index (χ1) is 7.19. The minimum absolute atomic E-state index is 0.00842. The van der Waals surface area contributed by atoms with Crippen LogP contribution < -0.4 is 4.74 Å². The van der Waals surface area contributed by atoms with Gasteiger partial charge < -0.3 is 9.47 Å². The molecule has 0 radical (unpaired) electrons. The summed E-state index contributed by atoms with van der Waals surface area (Å²) in [5, 5.41) is 0. The van der Waals surface area contributed by atoms with Crippen LogP contribution in [0.15, 0.2) is 17.0 Å². The first kappa shape index (κ1) is 12.3. The van der Waals surface area contributed by atoms with Gasteiger partial charge in [0, 0.05) is 19.2 Å². The van der Waals surface area contributed by atoms with Crippen molar-refractivity contribution in [2.45, 2.75) is 4.90 Å². The predicted octanol–water partition coefficient (Wildman–Crippen LogP) is 2.71. The molecule has 0 amide bonds. The maximum Gasteiger partial charge on any atom is 0.143 e. The summed E-state index contributed by atoms with van der Waals surface area (Å²) in [4.78, 5) is 0.00842. The molecular formula is C10H12F2O2S. The van der Waals surface area contributed by atoms with Gasteiger partial charge in [0.2, 0.25) is 0 Å². The van der Waals surface area contributed by atoms with Gasteiger partial charge >= 0.3 is 0 Å². The highest BCUT2D eigenvalue weighted by molar-refractivity contribution is 7.98. The molecule has 84 valence electrons. The van der Waals surface area contributed by atoms with Gasteiger partial charge in [-0.05, 0) is 6.26 Å². The molecular weight excluding hydrogens is 222 g/mol. The van der Waals surface area contributed by atoms with Crippen molar-refractivity contribution >= 4 is 11.8 Å². The zero-order valence-corrected chi connectivity index (χ0v) is 9.37. The molecule has 0 saturated carbocycles. The van der Waals surface area contributed by atoms with Crippen LogP contribution in [-0.2, 0) is 4.74 Å². The van der Waals surface area contributed by atoms with Gasteiger partial charge in [-0.2, -0.15) is 0 Å². The van der Waals surface area contributed by atoms with E-state index in [0.717, 1.165) is 11.8 Å². The molecule has 0 N–H and O–H groups in total. The Morgan fingerprint density at radius 1 is 1.20 bits per heavy atom. The second kappa shape index (κ2) is 5.92. The van der Waals surface area contributed by atoms with Crippen LogP contribution in [-0.4, -0.2) is 26.6 Å². The monoisotopic (exact) mass is 234 g/mol. The lowest BCUT2D eigenvalue weighted by Gasteiger charge is -2.07. The summed E-state index contributed by atoms with van der Waals surface area (Å²) in [7, 11) is 1.53. The zero-order valence-electron chi connectivity index (χ0n) is 8.55. The molecule has 0 atom stereocenters. The fourth-order valence-electron chi connectivity index (χ4n) is 1.06. The van der Waals surface area contributed by atoms with Crippen LogP contribution in [0, 0.1) is 11.6 Å². The summed E-state index contributed by atoms with van der Waals surface area (Å²) in [5.74, 6) is -1.02. The smallest absolute Gasteiger partial charge is 0.143 e. The van der Waals surface area contributed by atoms with E-state index in [-0.39, 0.29) is 17.3 Å². The van der Waals surface area contributed by atoms with Crippen molar-refractivity contribution in [3.05, 3.63) is 23.8 Å². The molecule has 0 aliphatic rings. The SMILES string of the molecule is COCCOc1cc(F)c(SC)c(F)c1. The average molecular weight is 234 g/mol. The molecule has 0 aliphatic heterocycles. The molecule has 0 heterocycles. The van der Waals surface area contributed by atoms with E-state index in [2.05, 4.69) is 0 Å². The Kier molecular flexibility index (Phi) is 4.84. The first-order valence-corrected chi connectivity index (χ1v) is 5.56. The minimum Gasteiger partial charge on any atom is -0.491 e. The van der Waals surface area contributed by atoms with Gasteiger partial charge in [0.25, 0.3) is 0 Å². The summed E-state index contributed by atoms with van der Waals surface area (Å²) < 4.78 is 36.3. The minimum atomic E-state index is -0.602. The highest BCUT2D eigenvalue weighted by Gasteiger charge is 2.10. The molecule has 15 heavy (non-hydrogen) atoms. The van der Waals surface area contributed by atoms with Crippen LogP contribution in [0.1, 0.15) is 0 Å². The van der Waals surface area contributed by atoms with E-state index in [9.17, 15) is 8.78 Å². The van der Waals surface area contributed by atoms with E-state index in [1.807, 2.05) is 0 Å². The van der Waals surface area contributed by atoms with Crippen molar-refractivity contribution in [3.63, 3.8) is 0 Å². The maximum atomic E-state index is 13.2. The molecule has 0 aromatic heterocycles. The molecule has 0 saturated heterocycles. The summed E-state index contributed by atoms with van der Waals surface area (Å²) in [6.07, 6.45) is 1.62. The molecule has 2 nitrogen and oxygen atoms in total. The molecule has 0 fully saturated rings. The largest absolute Gasteiger partial charge is 0.491 e. The fourth-order valence-corrected chi connectivity index (χ4v) is 1.57. The van der Waals surface area contributed by atoms with E-state index in [4.69, 9.17) is 9.47 Å². The number of methoxy groups -OCH3 is 1. The predicted molar refractivity (Wildman–Crippen MR) is 55.5 cm³/mol. The lowest BCUT2D eigenvalue weighted by Crippen LogP contribution is -2.05. The number of thioether (sulfide) groups is 1. The number of hydrogen-bond donors (Lipinski definition) is 0. The highest BCUT2D eigenvalue weighted by atomic mass is 32.2. The average Bonchev–Trinajstić information content (AvgIpc) is 2.18. The first-order valence-electron chi connectivity index (χ1n) is 4.33. The van der Waals surface area contributed by atoms with Crippen LogP contribution in [0.3, 0.4) is 0 Å². The van der Waals surface area contributed by atoms with Crippen molar-refractivity contribution in [3.8, 4) is 5.75 Å². The lowest BCUT2D eigenvalue weighted by atomic mass is 10.3. The highest BCUT2D eigenvalue weighted by Crippen LogP contribution is 2.27. The standard InChI is InChI=1S/C10H12F2O2S/c1-13-3-4-14-7-5-8(11)10(15-2)9(12)6-7/h5-6H,3-4H2,1-2H3. The third-order valence-electron chi connectivity index (χ3n) is 1.73. The number of ether oxygens (including phenoxy) is 2. The van der Waals surface area contributed by atoms with Crippen LogP contribution in [0.2, 0.25) is 0 Å². The molecule has 0 aliphatic carbocycles. The third-order valence-corrected chi connectivity index (χ3v) is 2.53. The zero-order chi connectivity index (χ0) is 11.3. The number of hydrogen-bond acceptors (Lipinski definition) is 3. The number of rotatable bonds is 5. The summed E-state index contributed by atoms with van der Waals surface area (Å²) >= 11 is 1.03. The summed E-state index contributed by atoms with van der Waals surface area (Å²) in [6.45, 7) is 0.654. The molecule has 1 aromatic carbocycles. The molecule has 5 heteroatoms. The molecule has 0 unspecified atom stereocenters. The van der Waals surface area contributed by atoms with E-state index in [1.54, 1.807) is 6.26 Å². The van der Waals surface area contributed by atoms with Gasteiger partial charge in [-0.3, -0.25) is 0 Å². The van der Waals surface area contributed by atoms with Crippen molar-refractivity contribution < 1.29 is 18.3 Å². The third kappa shape index (κ3) is 3.35. The van der Waals surface area contributed by atoms with E-state index >= 15 is 0 Å². The van der Waals surface area contributed by atoms with Crippen LogP contribution in [0.5, 0.6) is 5.75 Å². The fraction of sp³-hybridized carbons (Fsp3) is 0.400.